The Morgan fingerprint density at radius 1 is 1.19 bits per heavy atom. The molecule has 2 aromatic rings. The number of rotatable bonds is 6. The van der Waals surface area contributed by atoms with Crippen LogP contribution in [0.4, 0.5) is 5.69 Å². The molecule has 0 saturated heterocycles. The molecule has 1 aliphatic rings. The van der Waals surface area contributed by atoms with Crippen molar-refractivity contribution in [1.29, 1.82) is 0 Å². The molecule has 1 heterocycles. The van der Waals surface area contributed by atoms with Crippen molar-refractivity contribution in [2.45, 2.75) is 26.2 Å². The van der Waals surface area contributed by atoms with E-state index >= 15 is 0 Å². The number of aryl methyl sites for hydroxylation is 1. The number of anilines is 1. The van der Waals surface area contributed by atoms with Crippen LogP contribution in [-0.2, 0) is 16.0 Å². The van der Waals surface area contributed by atoms with Crippen molar-refractivity contribution in [2.75, 3.05) is 18.7 Å². The molecule has 27 heavy (non-hydrogen) atoms. The van der Waals surface area contributed by atoms with Gasteiger partial charge in [-0.05, 0) is 48.7 Å². The Labute approximate surface area is 158 Å². The molecule has 0 aromatic heterocycles. The van der Waals surface area contributed by atoms with Gasteiger partial charge in [-0.3, -0.25) is 9.59 Å². The molecule has 2 amide bonds. The molecule has 0 spiro atoms. The summed E-state index contributed by atoms with van der Waals surface area (Å²) in [5, 5.41) is 8.51. The summed E-state index contributed by atoms with van der Waals surface area (Å²) in [5.41, 5.74) is 3.21. The number of carbonyl (C=O) groups excluding carboxylic acids is 2. The molecule has 0 aliphatic carbocycles. The lowest BCUT2D eigenvalue weighted by molar-refractivity contribution is -0.118. The second-order valence-electron chi connectivity index (χ2n) is 6.45. The fourth-order valence-electron chi connectivity index (χ4n) is 2.89. The number of hydrogen-bond donors (Lipinski definition) is 1. The fraction of sp³-hybridized carbons (Fsp3) is 0.286. The first-order valence-electron chi connectivity index (χ1n) is 8.95. The Hall–Kier alpha value is -3.15. The molecule has 1 aliphatic heterocycles. The van der Waals surface area contributed by atoms with Gasteiger partial charge in [0.1, 0.15) is 11.5 Å². The van der Waals surface area contributed by atoms with Gasteiger partial charge in [-0.1, -0.05) is 24.3 Å². The van der Waals surface area contributed by atoms with Crippen molar-refractivity contribution in [1.82, 2.24) is 5.32 Å². The van der Waals surface area contributed by atoms with E-state index in [1.165, 1.54) is 5.01 Å². The Morgan fingerprint density at radius 3 is 2.67 bits per heavy atom. The lowest BCUT2D eigenvalue weighted by atomic mass is 10.1. The first kappa shape index (κ1) is 18.6. The molecule has 2 aromatic carbocycles. The van der Waals surface area contributed by atoms with Gasteiger partial charge in [-0.25, -0.2) is 5.01 Å². The summed E-state index contributed by atoms with van der Waals surface area (Å²) in [6.45, 7) is 2.46. The van der Waals surface area contributed by atoms with Crippen molar-refractivity contribution in [3.05, 3.63) is 59.7 Å². The number of ether oxygens (including phenoxy) is 1. The van der Waals surface area contributed by atoms with E-state index < -0.39 is 0 Å². The molecule has 0 saturated carbocycles. The van der Waals surface area contributed by atoms with Crippen LogP contribution in [0.5, 0.6) is 5.75 Å². The third-order valence-electron chi connectivity index (χ3n) is 4.40. The number of amides is 2. The number of carbonyl (C=O) groups is 2. The van der Waals surface area contributed by atoms with Gasteiger partial charge in [0, 0.05) is 19.4 Å². The summed E-state index contributed by atoms with van der Waals surface area (Å²) < 4.78 is 5.14. The summed E-state index contributed by atoms with van der Waals surface area (Å²) in [4.78, 5) is 24.6. The number of nitrogens with zero attached hydrogens (tertiary/aromatic N) is 2. The molecule has 0 fully saturated rings. The lowest BCUT2D eigenvalue weighted by Gasteiger charge is -2.23. The molecule has 0 radical (unpaired) electrons. The van der Waals surface area contributed by atoms with Gasteiger partial charge >= 0.3 is 0 Å². The Kier molecular flexibility index (Phi) is 5.86. The minimum atomic E-state index is -0.228. The van der Waals surface area contributed by atoms with Gasteiger partial charge in [0.05, 0.1) is 12.8 Å². The Bertz CT molecular complexity index is 859. The number of hydrazone groups is 1. The summed E-state index contributed by atoms with van der Waals surface area (Å²) in [5.74, 6) is 0.476. The summed E-state index contributed by atoms with van der Waals surface area (Å²) in [6, 6.07) is 15.3. The van der Waals surface area contributed by atoms with Crippen molar-refractivity contribution in [2.24, 2.45) is 5.10 Å². The van der Waals surface area contributed by atoms with Gasteiger partial charge in [0.15, 0.2) is 0 Å². The minimum absolute atomic E-state index is 0.101. The van der Waals surface area contributed by atoms with Crippen molar-refractivity contribution in [3.8, 4) is 5.75 Å². The fourth-order valence-corrected chi connectivity index (χ4v) is 2.89. The average molecular weight is 365 g/mol. The lowest BCUT2D eigenvalue weighted by Crippen LogP contribution is -2.39. The van der Waals surface area contributed by atoms with Crippen LogP contribution >= 0.6 is 0 Å². The smallest absolute Gasteiger partial charge is 0.267 e. The van der Waals surface area contributed by atoms with Crippen LogP contribution in [0.15, 0.2) is 53.6 Å². The molecule has 6 nitrogen and oxygen atoms in total. The molecule has 0 unspecified atom stereocenters. The number of benzene rings is 2. The molecular weight excluding hydrogens is 342 g/mol. The third kappa shape index (κ3) is 4.73. The normalized spacial score (nSPS) is 13.9. The zero-order chi connectivity index (χ0) is 19.2. The van der Waals surface area contributed by atoms with Gasteiger partial charge < -0.3 is 10.1 Å². The van der Waals surface area contributed by atoms with Crippen LogP contribution in [0.2, 0.25) is 0 Å². The first-order chi connectivity index (χ1) is 13.1. The largest absolute Gasteiger partial charge is 0.497 e. The molecular formula is C21H23N3O3. The second kappa shape index (κ2) is 8.49. The predicted octanol–water partition coefficient (Wildman–Crippen LogP) is 2.85. The highest BCUT2D eigenvalue weighted by Gasteiger charge is 2.25. The van der Waals surface area contributed by atoms with E-state index in [0.29, 0.717) is 30.8 Å². The van der Waals surface area contributed by atoms with Gasteiger partial charge in [0.2, 0.25) is 5.91 Å². The summed E-state index contributed by atoms with van der Waals surface area (Å²) >= 11 is 0. The molecule has 6 heteroatoms. The summed E-state index contributed by atoms with van der Waals surface area (Å²) in [6.07, 6.45) is 1.34. The van der Waals surface area contributed by atoms with E-state index in [9.17, 15) is 9.59 Å². The van der Waals surface area contributed by atoms with Crippen LogP contribution in [0.3, 0.4) is 0 Å². The SMILES string of the molecule is COc1ccc(CCNC(=O)C2=NN(c3cccc(C)c3)C(=O)CC2)cc1. The van der Waals surface area contributed by atoms with Gasteiger partial charge in [-0.2, -0.15) is 5.10 Å². The number of methoxy groups -OCH3 is 1. The van der Waals surface area contributed by atoms with Gasteiger partial charge in [0.25, 0.3) is 5.91 Å². The van der Waals surface area contributed by atoms with Crippen LogP contribution in [0.25, 0.3) is 0 Å². The number of nitrogens with one attached hydrogen (secondary N) is 1. The highest BCUT2D eigenvalue weighted by molar-refractivity contribution is 6.40. The predicted molar refractivity (Wildman–Crippen MR) is 105 cm³/mol. The standard InChI is InChI=1S/C21H23N3O3/c1-15-4-3-5-17(14-15)24-20(25)11-10-19(23-24)21(26)22-13-12-16-6-8-18(27-2)9-7-16/h3-9,14H,10-13H2,1-2H3,(H,22,26). The van der Waals surface area contributed by atoms with Crippen molar-refractivity contribution in [3.63, 3.8) is 0 Å². The van der Waals surface area contributed by atoms with Gasteiger partial charge in [-0.15, -0.1) is 0 Å². The second-order valence-corrected chi connectivity index (χ2v) is 6.45. The zero-order valence-electron chi connectivity index (χ0n) is 15.6. The van der Waals surface area contributed by atoms with E-state index in [0.717, 1.165) is 16.9 Å². The van der Waals surface area contributed by atoms with E-state index in [4.69, 9.17) is 4.74 Å². The monoisotopic (exact) mass is 365 g/mol. The average Bonchev–Trinajstić information content (AvgIpc) is 2.68. The maximum absolute atomic E-state index is 12.4. The minimum Gasteiger partial charge on any atom is -0.497 e. The quantitative estimate of drug-likeness (QED) is 0.856. The third-order valence-corrected chi connectivity index (χ3v) is 4.40. The van der Waals surface area contributed by atoms with Crippen LogP contribution in [0.1, 0.15) is 24.0 Å². The Morgan fingerprint density at radius 2 is 1.96 bits per heavy atom. The van der Waals surface area contributed by atoms with Crippen LogP contribution in [0, 0.1) is 6.92 Å². The van der Waals surface area contributed by atoms with E-state index in [2.05, 4.69) is 10.4 Å². The first-order valence-corrected chi connectivity index (χ1v) is 8.95. The van der Waals surface area contributed by atoms with Crippen molar-refractivity contribution < 1.29 is 14.3 Å². The molecule has 1 N–H and O–H groups in total. The summed E-state index contributed by atoms with van der Waals surface area (Å²) in [7, 11) is 1.63. The van der Waals surface area contributed by atoms with E-state index in [-0.39, 0.29) is 18.2 Å². The highest BCUT2D eigenvalue weighted by atomic mass is 16.5. The van der Waals surface area contributed by atoms with E-state index in [1.54, 1.807) is 7.11 Å². The van der Waals surface area contributed by atoms with Crippen LogP contribution < -0.4 is 15.1 Å². The maximum Gasteiger partial charge on any atom is 0.267 e. The molecule has 0 atom stereocenters. The Balaban J connectivity index is 1.61. The number of hydrogen-bond acceptors (Lipinski definition) is 4. The maximum atomic E-state index is 12.4. The zero-order valence-corrected chi connectivity index (χ0v) is 15.6. The molecule has 3 rings (SSSR count). The van der Waals surface area contributed by atoms with Crippen molar-refractivity contribution >= 4 is 23.2 Å². The topological polar surface area (TPSA) is 71.0 Å². The van der Waals surface area contributed by atoms with Crippen LogP contribution in [-0.4, -0.2) is 31.2 Å². The molecule has 140 valence electrons. The van der Waals surface area contributed by atoms with E-state index in [1.807, 2.05) is 55.5 Å². The molecule has 0 bridgehead atoms. The highest BCUT2D eigenvalue weighted by Crippen LogP contribution is 2.21.